The van der Waals surface area contributed by atoms with Crippen LogP contribution < -0.4 is 14.5 Å². The van der Waals surface area contributed by atoms with E-state index in [2.05, 4.69) is 5.32 Å². The van der Waals surface area contributed by atoms with Crippen LogP contribution in [-0.2, 0) is 17.1 Å². The molecule has 1 amide bonds. The zero-order valence-corrected chi connectivity index (χ0v) is 16.9. The van der Waals surface area contributed by atoms with Gasteiger partial charge in [0.05, 0.1) is 22.2 Å². The number of nitrogens with one attached hydrogen (secondary N) is 1. The van der Waals surface area contributed by atoms with Crippen LogP contribution in [-0.4, -0.2) is 32.2 Å². The maximum Gasteiger partial charge on any atom is 0.307 e. The predicted octanol–water partition coefficient (Wildman–Crippen LogP) is 2.56. The van der Waals surface area contributed by atoms with E-state index < -0.39 is 10.0 Å². The summed E-state index contributed by atoms with van der Waals surface area (Å²) < 4.78 is 26.9. The van der Waals surface area contributed by atoms with Crippen molar-refractivity contribution in [3.05, 3.63) is 57.2 Å². The van der Waals surface area contributed by atoms with E-state index in [1.165, 1.54) is 11.4 Å². The molecule has 1 N–H and O–H groups in total. The predicted molar refractivity (Wildman–Crippen MR) is 109 cm³/mol. The molecule has 1 heterocycles. The minimum Gasteiger partial charge on any atom is -0.322 e. The quantitative estimate of drug-likeness (QED) is 0.723. The third-order valence-corrected chi connectivity index (χ3v) is 6.53. The number of rotatable bonds is 4. The van der Waals surface area contributed by atoms with Crippen molar-refractivity contribution in [2.45, 2.75) is 6.92 Å². The Bertz CT molecular complexity index is 1210. The van der Waals surface area contributed by atoms with Crippen molar-refractivity contribution in [1.29, 1.82) is 0 Å². The number of amides is 1. The summed E-state index contributed by atoms with van der Waals surface area (Å²) in [5, 5.41) is 2.81. The minimum atomic E-state index is -3.38. The van der Waals surface area contributed by atoms with Crippen LogP contribution in [0.1, 0.15) is 15.9 Å². The number of carbonyl (C=O) groups excluding carboxylic acids is 1. The van der Waals surface area contributed by atoms with Gasteiger partial charge >= 0.3 is 4.87 Å². The molecule has 0 fully saturated rings. The highest BCUT2D eigenvalue weighted by Gasteiger charge is 2.16. The number of aromatic nitrogens is 1. The Morgan fingerprint density at radius 3 is 2.52 bits per heavy atom. The summed E-state index contributed by atoms with van der Waals surface area (Å²) in [4.78, 5) is 24.2. The topological polar surface area (TPSA) is 88.5 Å². The summed E-state index contributed by atoms with van der Waals surface area (Å²) >= 11 is 1.12. The third kappa shape index (κ3) is 3.74. The average Bonchev–Trinajstić information content (AvgIpc) is 2.87. The smallest absolute Gasteiger partial charge is 0.307 e. The van der Waals surface area contributed by atoms with Gasteiger partial charge in [0, 0.05) is 25.3 Å². The second kappa shape index (κ2) is 6.82. The fourth-order valence-corrected chi connectivity index (χ4v) is 4.22. The lowest BCUT2D eigenvalue weighted by molar-refractivity contribution is 0.102. The Hall–Kier alpha value is -2.65. The first-order valence-electron chi connectivity index (χ1n) is 8.03. The van der Waals surface area contributed by atoms with Gasteiger partial charge in [-0.1, -0.05) is 11.3 Å². The van der Waals surface area contributed by atoms with Gasteiger partial charge < -0.3 is 9.88 Å². The molecular weight excluding hydrogens is 386 g/mol. The van der Waals surface area contributed by atoms with E-state index in [-0.39, 0.29) is 10.8 Å². The number of thiazole rings is 1. The molecule has 0 aliphatic rings. The van der Waals surface area contributed by atoms with Gasteiger partial charge in [-0.25, -0.2) is 8.42 Å². The first-order valence-corrected chi connectivity index (χ1v) is 10.7. The monoisotopic (exact) mass is 405 g/mol. The van der Waals surface area contributed by atoms with Gasteiger partial charge in [0.2, 0.25) is 10.0 Å². The molecule has 0 unspecified atom stereocenters. The van der Waals surface area contributed by atoms with Gasteiger partial charge in [-0.15, -0.1) is 0 Å². The molecule has 3 aromatic rings. The van der Waals surface area contributed by atoms with E-state index in [0.717, 1.165) is 27.8 Å². The molecule has 3 rings (SSSR count). The molecule has 7 nitrogen and oxygen atoms in total. The lowest BCUT2D eigenvalue weighted by atomic mass is 10.1. The van der Waals surface area contributed by atoms with Crippen LogP contribution in [0.15, 0.2) is 41.2 Å². The average molecular weight is 406 g/mol. The van der Waals surface area contributed by atoms with E-state index in [1.807, 2.05) is 0 Å². The number of sulfonamides is 1. The first-order chi connectivity index (χ1) is 12.6. The van der Waals surface area contributed by atoms with Gasteiger partial charge in [-0.05, 0) is 48.9 Å². The molecule has 9 heteroatoms. The Labute approximate surface area is 160 Å². The lowest BCUT2D eigenvalue weighted by Crippen LogP contribution is -2.25. The van der Waals surface area contributed by atoms with Crippen LogP contribution in [0.25, 0.3) is 10.2 Å². The third-order valence-electron chi connectivity index (χ3n) is 4.35. The molecule has 0 bridgehead atoms. The molecule has 0 aliphatic carbocycles. The van der Waals surface area contributed by atoms with Crippen molar-refractivity contribution in [2.75, 3.05) is 22.9 Å². The van der Waals surface area contributed by atoms with Crippen molar-refractivity contribution >= 4 is 48.9 Å². The zero-order chi connectivity index (χ0) is 19.9. The second-order valence-electron chi connectivity index (χ2n) is 6.30. The summed E-state index contributed by atoms with van der Waals surface area (Å²) in [6, 6.07) is 10.1. The molecule has 0 aliphatic heterocycles. The maximum atomic E-state index is 12.5. The van der Waals surface area contributed by atoms with Crippen LogP contribution in [0.3, 0.4) is 0 Å². The van der Waals surface area contributed by atoms with Gasteiger partial charge in [0.15, 0.2) is 0 Å². The van der Waals surface area contributed by atoms with E-state index >= 15 is 0 Å². The molecule has 0 saturated heterocycles. The van der Waals surface area contributed by atoms with E-state index in [1.54, 1.807) is 54.9 Å². The summed E-state index contributed by atoms with van der Waals surface area (Å²) in [5.41, 5.74) is 3.01. The zero-order valence-electron chi connectivity index (χ0n) is 15.3. The first kappa shape index (κ1) is 19.1. The molecule has 27 heavy (non-hydrogen) atoms. The van der Waals surface area contributed by atoms with Crippen molar-refractivity contribution in [2.24, 2.45) is 7.05 Å². The number of hydrogen-bond acceptors (Lipinski definition) is 5. The molecular formula is C18H19N3O4S2. The van der Waals surface area contributed by atoms with Gasteiger partial charge in [-0.3, -0.25) is 13.9 Å². The molecule has 0 saturated carbocycles. The number of aryl methyl sites for hydroxylation is 2. The Balaban J connectivity index is 1.86. The number of hydrogen-bond donors (Lipinski definition) is 1. The largest absolute Gasteiger partial charge is 0.322 e. The molecule has 0 radical (unpaired) electrons. The highest BCUT2D eigenvalue weighted by atomic mass is 32.2. The van der Waals surface area contributed by atoms with Crippen LogP contribution in [0, 0.1) is 6.92 Å². The second-order valence-corrected chi connectivity index (χ2v) is 9.30. The maximum absolute atomic E-state index is 12.5. The highest BCUT2D eigenvalue weighted by Crippen LogP contribution is 2.24. The normalized spacial score (nSPS) is 11.6. The number of carbonyl (C=O) groups is 1. The highest BCUT2D eigenvalue weighted by molar-refractivity contribution is 7.92. The van der Waals surface area contributed by atoms with Crippen LogP contribution in [0.2, 0.25) is 0 Å². The fourth-order valence-electron chi connectivity index (χ4n) is 2.74. The van der Waals surface area contributed by atoms with Gasteiger partial charge in [-0.2, -0.15) is 0 Å². The Kier molecular flexibility index (Phi) is 4.83. The summed E-state index contributed by atoms with van der Waals surface area (Å²) in [6.45, 7) is 1.75. The van der Waals surface area contributed by atoms with Crippen LogP contribution in [0.5, 0.6) is 0 Å². The van der Waals surface area contributed by atoms with E-state index in [4.69, 9.17) is 0 Å². The van der Waals surface area contributed by atoms with Crippen molar-refractivity contribution < 1.29 is 13.2 Å². The minimum absolute atomic E-state index is 0.0605. The molecule has 1 aromatic heterocycles. The number of anilines is 2. The molecule has 0 spiro atoms. The van der Waals surface area contributed by atoms with Crippen molar-refractivity contribution in [3.63, 3.8) is 0 Å². The lowest BCUT2D eigenvalue weighted by Gasteiger charge is -2.19. The SMILES string of the molecule is Cc1cc(C(=O)Nc2ccc3c(c2)sc(=O)n3C)ccc1N(C)S(C)(=O)=O. The van der Waals surface area contributed by atoms with Crippen LogP contribution in [0.4, 0.5) is 11.4 Å². The molecule has 142 valence electrons. The molecule has 2 aromatic carbocycles. The van der Waals surface area contributed by atoms with Crippen molar-refractivity contribution in [3.8, 4) is 0 Å². The summed E-state index contributed by atoms with van der Waals surface area (Å²) in [7, 11) is -0.200. The Morgan fingerprint density at radius 2 is 1.89 bits per heavy atom. The van der Waals surface area contributed by atoms with E-state index in [9.17, 15) is 18.0 Å². The van der Waals surface area contributed by atoms with Crippen LogP contribution >= 0.6 is 11.3 Å². The summed E-state index contributed by atoms with van der Waals surface area (Å²) in [5.74, 6) is -0.311. The number of nitrogens with zero attached hydrogens (tertiary/aromatic N) is 2. The van der Waals surface area contributed by atoms with Gasteiger partial charge in [0.25, 0.3) is 5.91 Å². The fraction of sp³-hybridized carbons (Fsp3) is 0.222. The van der Waals surface area contributed by atoms with E-state index in [0.29, 0.717) is 22.5 Å². The Morgan fingerprint density at radius 1 is 1.19 bits per heavy atom. The van der Waals surface area contributed by atoms with Gasteiger partial charge in [0.1, 0.15) is 0 Å². The van der Waals surface area contributed by atoms with Crippen molar-refractivity contribution in [1.82, 2.24) is 4.57 Å². The molecule has 0 atom stereocenters. The standard InChI is InChI=1S/C18H19N3O4S2/c1-11-9-12(5-7-14(11)21(3)27(4,24)25)17(22)19-13-6-8-15-16(10-13)26-18(23)20(15)2/h5-10H,1-4H3,(H,19,22). The number of fused-ring (bicyclic) bond motifs is 1. The number of benzene rings is 2. The summed E-state index contributed by atoms with van der Waals surface area (Å²) in [6.07, 6.45) is 1.13.